The SMILES string of the molecule is CC=CC(=O)N(c1ccc(C=CC(=O)c2ccccc2)cc1)N(C)C. The van der Waals surface area contributed by atoms with Gasteiger partial charge in [0.1, 0.15) is 0 Å². The average molecular weight is 334 g/mol. The summed E-state index contributed by atoms with van der Waals surface area (Å²) in [6.07, 6.45) is 6.56. The zero-order chi connectivity index (χ0) is 18.2. The van der Waals surface area contributed by atoms with E-state index < -0.39 is 0 Å². The molecule has 0 aromatic heterocycles. The van der Waals surface area contributed by atoms with E-state index in [-0.39, 0.29) is 11.7 Å². The van der Waals surface area contributed by atoms with Crippen LogP contribution in [0.3, 0.4) is 0 Å². The molecule has 0 bridgehead atoms. The smallest absolute Gasteiger partial charge is 0.265 e. The molecule has 0 aliphatic heterocycles. The molecule has 1 amide bonds. The molecule has 2 aromatic carbocycles. The molecule has 0 aliphatic carbocycles. The second kappa shape index (κ2) is 8.76. The highest BCUT2D eigenvalue weighted by atomic mass is 16.2. The van der Waals surface area contributed by atoms with Crippen molar-refractivity contribution >= 4 is 23.5 Å². The fourth-order valence-electron chi connectivity index (χ4n) is 2.37. The molecule has 0 saturated heterocycles. The van der Waals surface area contributed by atoms with E-state index in [4.69, 9.17) is 0 Å². The Labute approximate surface area is 148 Å². The van der Waals surface area contributed by atoms with Gasteiger partial charge in [-0.25, -0.2) is 10.0 Å². The Kier molecular flexibility index (Phi) is 6.43. The van der Waals surface area contributed by atoms with Crippen molar-refractivity contribution in [1.82, 2.24) is 5.01 Å². The number of hydrazine groups is 1. The number of carbonyl (C=O) groups is 2. The van der Waals surface area contributed by atoms with Gasteiger partial charge in [0.15, 0.2) is 5.78 Å². The van der Waals surface area contributed by atoms with Gasteiger partial charge < -0.3 is 0 Å². The highest BCUT2D eigenvalue weighted by Gasteiger charge is 2.15. The van der Waals surface area contributed by atoms with E-state index in [9.17, 15) is 9.59 Å². The summed E-state index contributed by atoms with van der Waals surface area (Å²) in [6.45, 7) is 1.81. The van der Waals surface area contributed by atoms with Gasteiger partial charge in [0, 0.05) is 25.7 Å². The van der Waals surface area contributed by atoms with Gasteiger partial charge in [-0.15, -0.1) is 0 Å². The van der Waals surface area contributed by atoms with Crippen molar-refractivity contribution in [2.24, 2.45) is 0 Å². The number of ketones is 1. The Bertz CT molecular complexity index is 775. The van der Waals surface area contributed by atoms with Gasteiger partial charge in [0.2, 0.25) is 0 Å². The molecule has 0 spiro atoms. The van der Waals surface area contributed by atoms with Gasteiger partial charge >= 0.3 is 0 Å². The predicted octanol–water partition coefficient (Wildman–Crippen LogP) is 3.97. The van der Waals surface area contributed by atoms with Crippen LogP contribution in [0.2, 0.25) is 0 Å². The first-order valence-electron chi connectivity index (χ1n) is 8.04. The van der Waals surface area contributed by atoms with Crippen LogP contribution in [0.25, 0.3) is 6.08 Å². The van der Waals surface area contributed by atoms with Crippen molar-refractivity contribution in [1.29, 1.82) is 0 Å². The molecule has 2 aromatic rings. The molecule has 4 nitrogen and oxygen atoms in total. The third-order valence-electron chi connectivity index (χ3n) is 3.54. The third-order valence-corrected chi connectivity index (χ3v) is 3.54. The molecule has 0 unspecified atom stereocenters. The Morgan fingerprint density at radius 2 is 1.52 bits per heavy atom. The summed E-state index contributed by atoms with van der Waals surface area (Å²) in [4.78, 5) is 24.3. The second-order valence-corrected chi connectivity index (χ2v) is 5.65. The number of allylic oxidation sites excluding steroid dienone is 2. The van der Waals surface area contributed by atoms with Crippen molar-refractivity contribution < 1.29 is 9.59 Å². The van der Waals surface area contributed by atoms with E-state index >= 15 is 0 Å². The fourth-order valence-corrected chi connectivity index (χ4v) is 2.37. The molecule has 4 heteroatoms. The Morgan fingerprint density at radius 1 is 0.880 bits per heavy atom. The van der Waals surface area contributed by atoms with Crippen molar-refractivity contribution in [2.75, 3.05) is 19.1 Å². The second-order valence-electron chi connectivity index (χ2n) is 5.65. The number of carbonyl (C=O) groups excluding carboxylic acids is 2. The molecule has 0 fully saturated rings. The Hall–Kier alpha value is -2.98. The average Bonchev–Trinajstić information content (AvgIpc) is 2.61. The predicted molar refractivity (Wildman–Crippen MR) is 102 cm³/mol. The summed E-state index contributed by atoms with van der Waals surface area (Å²) >= 11 is 0. The van der Waals surface area contributed by atoms with Crippen LogP contribution in [0.5, 0.6) is 0 Å². The maximum atomic E-state index is 12.2. The van der Waals surface area contributed by atoms with Crippen molar-refractivity contribution in [3.8, 4) is 0 Å². The monoisotopic (exact) mass is 334 g/mol. The van der Waals surface area contributed by atoms with Crippen LogP contribution in [-0.2, 0) is 4.79 Å². The summed E-state index contributed by atoms with van der Waals surface area (Å²) < 4.78 is 0. The zero-order valence-electron chi connectivity index (χ0n) is 14.7. The molecule has 0 aliphatic rings. The van der Waals surface area contributed by atoms with Crippen molar-refractivity contribution in [3.05, 3.63) is 84.0 Å². The van der Waals surface area contributed by atoms with Gasteiger partial charge in [-0.1, -0.05) is 54.6 Å². The maximum Gasteiger partial charge on any atom is 0.265 e. The number of hydrogen-bond donors (Lipinski definition) is 0. The van der Waals surface area contributed by atoms with E-state index in [1.165, 1.54) is 6.08 Å². The molecule has 0 saturated carbocycles. The molecule has 0 radical (unpaired) electrons. The number of nitrogens with zero attached hydrogens (tertiary/aromatic N) is 2. The van der Waals surface area contributed by atoms with Gasteiger partial charge in [-0.05, 0) is 30.7 Å². The molecule has 0 atom stereocenters. The topological polar surface area (TPSA) is 40.6 Å². The highest BCUT2D eigenvalue weighted by molar-refractivity contribution is 6.06. The van der Waals surface area contributed by atoms with Crippen molar-refractivity contribution in [2.45, 2.75) is 6.92 Å². The standard InChI is InChI=1S/C21H22N2O2/c1-4-8-21(25)23(22(2)3)19-14-11-17(12-15-19)13-16-20(24)18-9-6-5-7-10-18/h4-16H,1-3H3. The lowest BCUT2D eigenvalue weighted by Crippen LogP contribution is -2.41. The van der Waals surface area contributed by atoms with Crippen LogP contribution >= 0.6 is 0 Å². The number of hydrogen-bond acceptors (Lipinski definition) is 3. The van der Waals surface area contributed by atoms with Crippen molar-refractivity contribution in [3.63, 3.8) is 0 Å². The van der Waals surface area contributed by atoms with Crippen LogP contribution < -0.4 is 5.01 Å². The first-order chi connectivity index (χ1) is 12.0. The van der Waals surface area contributed by atoms with E-state index in [2.05, 4.69) is 0 Å². The van der Waals surface area contributed by atoms with E-state index in [1.807, 2.05) is 63.5 Å². The minimum Gasteiger partial charge on any atom is -0.289 e. The van der Waals surface area contributed by atoms with Gasteiger partial charge in [0.25, 0.3) is 5.91 Å². The summed E-state index contributed by atoms with van der Waals surface area (Å²) in [5.74, 6) is -0.155. The Balaban J connectivity index is 2.14. The quantitative estimate of drug-likeness (QED) is 0.456. The molecular formula is C21H22N2O2. The molecule has 25 heavy (non-hydrogen) atoms. The number of amides is 1. The van der Waals surface area contributed by atoms with Crippen LogP contribution in [0.1, 0.15) is 22.8 Å². The van der Waals surface area contributed by atoms with Crippen LogP contribution in [0.4, 0.5) is 5.69 Å². The summed E-state index contributed by atoms with van der Waals surface area (Å²) in [7, 11) is 3.63. The molecule has 128 valence electrons. The summed E-state index contributed by atoms with van der Waals surface area (Å²) in [5, 5.41) is 3.30. The Morgan fingerprint density at radius 3 is 2.08 bits per heavy atom. The largest absolute Gasteiger partial charge is 0.289 e. The molecular weight excluding hydrogens is 312 g/mol. The normalized spacial score (nSPS) is 11.4. The van der Waals surface area contributed by atoms with Gasteiger partial charge in [-0.2, -0.15) is 0 Å². The molecule has 0 N–H and O–H groups in total. The summed E-state index contributed by atoms with van der Waals surface area (Å²) in [5.41, 5.74) is 2.32. The number of rotatable bonds is 6. The number of anilines is 1. The third kappa shape index (κ3) is 4.99. The van der Waals surface area contributed by atoms with Crippen LogP contribution in [0, 0.1) is 0 Å². The van der Waals surface area contributed by atoms with E-state index in [0.29, 0.717) is 5.56 Å². The zero-order valence-corrected chi connectivity index (χ0v) is 14.7. The summed E-state index contributed by atoms with van der Waals surface area (Å²) in [6, 6.07) is 16.6. The van der Waals surface area contributed by atoms with Gasteiger partial charge in [0.05, 0.1) is 5.69 Å². The van der Waals surface area contributed by atoms with Crippen LogP contribution in [-0.4, -0.2) is 30.8 Å². The highest BCUT2D eigenvalue weighted by Crippen LogP contribution is 2.18. The molecule has 0 heterocycles. The van der Waals surface area contributed by atoms with Gasteiger partial charge in [-0.3, -0.25) is 9.59 Å². The van der Waals surface area contributed by atoms with E-state index in [0.717, 1.165) is 11.3 Å². The van der Waals surface area contributed by atoms with E-state index in [1.54, 1.807) is 40.4 Å². The lowest BCUT2D eigenvalue weighted by molar-refractivity contribution is -0.116. The lowest BCUT2D eigenvalue weighted by Gasteiger charge is -2.27. The first kappa shape index (κ1) is 18.4. The van der Waals surface area contributed by atoms with Crippen LogP contribution in [0.15, 0.2) is 72.8 Å². The minimum absolute atomic E-state index is 0.0390. The molecule has 2 rings (SSSR count). The maximum absolute atomic E-state index is 12.2. The fraction of sp³-hybridized carbons (Fsp3) is 0.143. The lowest BCUT2D eigenvalue weighted by atomic mass is 10.1. The number of benzene rings is 2. The minimum atomic E-state index is -0.116. The first-order valence-corrected chi connectivity index (χ1v) is 8.04.